The fourth-order valence-electron chi connectivity index (χ4n) is 4.62. The van der Waals surface area contributed by atoms with E-state index in [-0.39, 0.29) is 29.8 Å². The van der Waals surface area contributed by atoms with Crippen LogP contribution in [0, 0.1) is 19.8 Å². The second-order valence-corrected chi connectivity index (χ2v) is 9.45. The van der Waals surface area contributed by atoms with Crippen LogP contribution in [0.15, 0.2) is 42.6 Å². The molecule has 0 radical (unpaired) electrons. The lowest BCUT2D eigenvalue weighted by molar-refractivity contribution is -0.147. The molecule has 1 saturated carbocycles. The molecule has 0 unspecified atom stereocenters. The molecule has 8 nitrogen and oxygen atoms in total. The van der Waals surface area contributed by atoms with Crippen molar-refractivity contribution in [3.63, 3.8) is 0 Å². The Hall–Kier alpha value is -4.02. The number of carbonyl (C=O) groups is 1. The Kier molecular flexibility index (Phi) is 8.47. The average Bonchev–Trinajstić information content (AvgIpc) is 2.91. The number of para-hydroxylation sites is 1. The number of hydrogen-bond acceptors (Lipinski definition) is 8. The largest absolute Gasteiger partial charge is 0.494 e. The van der Waals surface area contributed by atoms with E-state index in [1.165, 1.54) is 14.2 Å². The minimum atomic E-state index is -4.65. The minimum absolute atomic E-state index is 0.0372. The Bertz CT molecular complexity index is 1300. The van der Waals surface area contributed by atoms with Crippen LogP contribution in [-0.2, 0) is 15.7 Å². The first-order valence-corrected chi connectivity index (χ1v) is 12.6. The molecule has 1 fully saturated rings. The first-order valence-electron chi connectivity index (χ1n) is 12.6. The van der Waals surface area contributed by atoms with Gasteiger partial charge in [0.15, 0.2) is 0 Å². The van der Waals surface area contributed by atoms with Crippen molar-refractivity contribution < 1.29 is 32.2 Å². The van der Waals surface area contributed by atoms with Gasteiger partial charge >= 0.3 is 12.1 Å². The number of halogens is 3. The summed E-state index contributed by atoms with van der Waals surface area (Å²) in [6.45, 7) is 3.62. The highest BCUT2D eigenvalue weighted by Crippen LogP contribution is 2.38. The van der Waals surface area contributed by atoms with Crippen molar-refractivity contribution in [1.29, 1.82) is 0 Å². The Balaban J connectivity index is 1.53. The van der Waals surface area contributed by atoms with E-state index in [9.17, 15) is 18.0 Å². The number of benzene rings is 2. The second-order valence-electron chi connectivity index (χ2n) is 9.45. The van der Waals surface area contributed by atoms with Crippen LogP contribution >= 0.6 is 0 Å². The number of nitrogens with zero attached hydrogens (tertiary/aromatic N) is 2. The molecule has 4 rings (SSSR count). The van der Waals surface area contributed by atoms with Gasteiger partial charge in [-0.25, -0.2) is 4.98 Å². The number of anilines is 4. The van der Waals surface area contributed by atoms with Gasteiger partial charge in [0.05, 0.1) is 31.9 Å². The van der Waals surface area contributed by atoms with E-state index in [0.29, 0.717) is 35.7 Å². The maximum Gasteiger partial charge on any atom is 0.421 e. The predicted octanol–water partition coefficient (Wildman–Crippen LogP) is 6.72. The Morgan fingerprint density at radius 1 is 1.00 bits per heavy atom. The summed E-state index contributed by atoms with van der Waals surface area (Å²) in [5, 5.41) is 5.80. The third-order valence-electron chi connectivity index (χ3n) is 6.75. The summed E-state index contributed by atoms with van der Waals surface area (Å²) in [5.74, 6) is 0.286. The number of carbonyl (C=O) groups excluding carboxylic acids is 1. The molecule has 1 aromatic heterocycles. The number of aromatic nitrogens is 2. The summed E-state index contributed by atoms with van der Waals surface area (Å²) in [6.07, 6.45) is -1.12. The quantitative estimate of drug-likeness (QED) is 0.302. The summed E-state index contributed by atoms with van der Waals surface area (Å²) in [6, 6.07) is 10.6. The van der Waals surface area contributed by atoms with Gasteiger partial charge in [-0.2, -0.15) is 18.2 Å². The molecule has 2 N–H and O–H groups in total. The third-order valence-corrected chi connectivity index (χ3v) is 6.75. The van der Waals surface area contributed by atoms with Crippen LogP contribution < -0.4 is 20.1 Å². The van der Waals surface area contributed by atoms with Crippen molar-refractivity contribution in [3.8, 4) is 11.5 Å². The summed E-state index contributed by atoms with van der Waals surface area (Å²) in [7, 11) is 2.87. The maximum absolute atomic E-state index is 13.7. The van der Waals surface area contributed by atoms with Crippen molar-refractivity contribution >= 4 is 29.1 Å². The Labute approximate surface area is 224 Å². The molecular formula is C28H31F3N4O4. The van der Waals surface area contributed by atoms with Crippen LogP contribution in [0.2, 0.25) is 0 Å². The molecule has 11 heteroatoms. The average molecular weight is 545 g/mol. The molecule has 1 aliphatic carbocycles. The molecular weight excluding hydrogens is 513 g/mol. The molecule has 0 amide bonds. The van der Waals surface area contributed by atoms with Gasteiger partial charge in [-0.1, -0.05) is 18.2 Å². The zero-order valence-electron chi connectivity index (χ0n) is 22.2. The van der Waals surface area contributed by atoms with E-state index < -0.39 is 11.7 Å². The standard InChI is InChI=1S/C28H31F3N4O4/c1-16-6-5-7-17(2)24(16)34-25-21(28(29,30)31)15-32-27(35-25)33-22-13-12-20(14-23(22)37-3)39-19-10-8-18(9-11-19)26(36)38-4/h5-7,12-15,18-19H,8-11H2,1-4H3,(H2,32,33,34,35). The third kappa shape index (κ3) is 6.71. The first kappa shape index (κ1) is 28.0. The van der Waals surface area contributed by atoms with E-state index in [2.05, 4.69) is 20.6 Å². The maximum atomic E-state index is 13.7. The van der Waals surface area contributed by atoms with E-state index in [4.69, 9.17) is 14.2 Å². The molecule has 0 atom stereocenters. The van der Waals surface area contributed by atoms with Crippen LogP contribution in [-0.4, -0.2) is 36.3 Å². The van der Waals surface area contributed by atoms with Crippen LogP contribution in [0.1, 0.15) is 42.4 Å². The number of hydrogen-bond donors (Lipinski definition) is 2. The summed E-state index contributed by atoms with van der Waals surface area (Å²) in [5.41, 5.74) is 1.59. The Morgan fingerprint density at radius 2 is 1.69 bits per heavy atom. The lowest BCUT2D eigenvalue weighted by atomic mass is 9.87. The monoisotopic (exact) mass is 544 g/mol. The van der Waals surface area contributed by atoms with Gasteiger partial charge in [-0.15, -0.1) is 0 Å². The number of ether oxygens (including phenoxy) is 3. The molecule has 1 heterocycles. The van der Waals surface area contributed by atoms with E-state index in [0.717, 1.165) is 30.2 Å². The molecule has 1 aliphatic rings. The van der Waals surface area contributed by atoms with Gasteiger partial charge in [0.25, 0.3) is 0 Å². The number of aryl methyl sites for hydroxylation is 2. The number of alkyl halides is 3. The second kappa shape index (κ2) is 11.8. The van der Waals surface area contributed by atoms with Crippen molar-refractivity contribution in [2.75, 3.05) is 24.9 Å². The van der Waals surface area contributed by atoms with Gasteiger partial charge in [0.2, 0.25) is 5.95 Å². The van der Waals surface area contributed by atoms with Gasteiger partial charge < -0.3 is 24.8 Å². The van der Waals surface area contributed by atoms with Gasteiger partial charge in [-0.3, -0.25) is 4.79 Å². The molecule has 2 aromatic carbocycles. The molecule has 0 aliphatic heterocycles. The first-order chi connectivity index (χ1) is 18.6. The lowest BCUT2D eigenvalue weighted by Gasteiger charge is -2.27. The zero-order valence-corrected chi connectivity index (χ0v) is 22.2. The lowest BCUT2D eigenvalue weighted by Crippen LogP contribution is -2.28. The van der Waals surface area contributed by atoms with Crippen LogP contribution in [0.4, 0.5) is 36.3 Å². The minimum Gasteiger partial charge on any atom is -0.494 e. The van der Waals surface area contributed by atoms with Crippen molar-refractivity contribution in [3.05, 3.63) is 59.3 Å². The number of nitrogens with one attached hydrogen (secondary N) is 2. The van der Waals surface area contributed by atoms with E-state index in [1.807, 2.05) is 32.0 Å². The van der Waals surface area contributed by atoms with Gasteiger partial charge in [-0.05, 0) is 62.8 Å². The van der Waals surface area contributed by atoms with Crippen LogP contribution in [0.5, 0.6) is 11.5 Å². The highest BCUT2D eigenvalue weighted by molar-refractivity contribution is 5.72. The van der Waals surface area contributed by atoms with Crippen LogP contribution in [0.3, 0.4) is 0 Å². The molecule has 0 saturated heterocycles. The normalized spacial score (nSPS) is 17.3. The van der Waals surface area contributed by atoms with Crippen molar-refractivity contribution in [1.82, 2.24) is 9.97 Å². The highest BCUT2D eigenvalue weighted by atomic mass is 19.4. The van der Waals surface area contributed by atoms with Gasteiger partial charge in [0, 0.05) is 18.0 Å². The predicted molar refractivity (Wildman–Crippen MR) is 141 cm³/mol. The number of esters is 1. The summed E-state index contributed by atoms with van der Waals surface area (Å²) < 4.78 is 57.7. The molecule has 208 valence electrons. The molecule has 0 spiro atoms. The number of methoxy groups -OCH3 is 2. The Morgan fingerprint density at radius 3 is 2.31 bits per heavy atom. The molecule has 3 aromatic rings. The zero-order chi connectivity index (χ0) is 28.2. The van der Waals surface area contributed by atoms with Crippen molar-refractivity contribution in [2.45, 2.75) is 51.8 Å². The fourth-order valence-corrected chi connectivity index (χ4v) is 4.62. The highest BCUT2D eigenvalue weighted by Gasteiger charge is 2.35. The van der Waals surface area contributed by atoms with Crippen LogP contribution in [0.25, 0.3) is 0 Å². The smallest absolute Gasteiger partial charge is 0.421 e. The van der Waals surface area contributed by atoms with E-state index in [1.54, 1.807) is 18.2 Å². The molecule has 0 bridgehead atoms. The van der Waals surface area contributed by atoms with Gasteiger partial charge in [0.1, 0.15) is 22.9 Å². The summed E-state index contributed by atoms with van der Waals surface area (Å²) in [4.78, 5) is 19.8. The van der Waals surface area contributed by atoms with Crippen molar-refractivity contribution in [2.24, 2.45) is 5.92 Å². The molecule has 39 heavy (non-hydrogen) atoms. The number of rotatable bonds is 8. The SMILES string of the molecule is COC(=O)C1CCC(Oc2ccc(Nc3ncc(C(F)(F)F)c(Nc4c(C)cccc4C)n3)c(OC)c2)CC1. The fraction of sp³-hybridized carbons (Fsp3) is 0.393. The van der Waals surface area contributed by atoms with E-state index >= 15 is 0 Å². The topological polar surface area (TPSA) is 94.6 Å². The summed E-state index contributed by atoms with van der Waals surface area (Å²) >= 11 is 0.